The van der Waals surface area contributed by atoms with Crippen molar-refractivity contribution >= 4 is 60.8 Å². The van der Waals surface area contributed by atoms with E-state index in [-0.39, 0.29) is 0 Å². The summed E-state index contributed by atoms with van der Waals surface area (Å²) >= 11 is 0. The Kier molecular flexibility index (Phi) is 6.81. The van der Waals surface area contributed by atoms with Gasteiger partial charge < -0.3 is 13.9 Å². The van der Waals surface area contributed by atoms with Crippen LogP contribution >= 0.6 is 0 Å². The molecule has 0 radical (unpaired) electrons. The van der Waals surface area contributed by atoms with Crippen molar-refractivity contribution in [1.82, 2.24) is 4.57 Å². The Balaban J connectivity index is 1.24. The Labute approximate surface area is 295 Å². The first kappa shape index (κ1) is 29.1. The molecule has 0 spiro atoms. The van der Waals surface area contributed by atoms with Gasteiger partial charge in [-0.15, -0.1) is 0 Å². The molecule has 51 heavy (non-hydrogen) atoms. The molecule has 0 fully saturated rings. The first-order valence-electron chi connectivity index (χ1n) is 17.4. The Morgan fingerprint density at radius 1 is 0.392 bits per heavy atom. The van der Waals surface area contributed by atoms with Crippen molar-refractivity contribution < 1.29 is 4.42 Å². The lowest BCUT2D eigenvalue weighted by molar-refractivity contribution is 0.669. The Bertz CT molecular complexity index is 2860. The van der Waals surface area contributed by atoms with Crippen molar-refractivity contribution in [2.75, 3.05) is 4.90 Å². The standard InChI is InChI=1S/C48H32N2O/c1-3-15-33(16-4-1)38-21-7-8-22-39(38)34-17-13-20-36(31-34)49(45-27-14-25-43-42-24-10-12-28-47(42)51-48(43)45)37-29-30-41-40-23-9-11-26-44(40)50(46(41)32-37)35-18-5-2-6-19-35/h1-32H. The second-order valence-corrected chi connectivity index (χ2v) is 12.9. The molecule has 0 bridgehead atoms. The minimum absolute atomic E-state index is 0.859. The molecule has 0 aliphatic rings. The van der Waals surface area contributed by atoms with E-state index in [2.05, 4.69) is 198 Å². The minimum Gasteiger partial charge on any atom is -0.454 e. The van der Waals surface area contributed by atoms with Crippen molar-refractivity contribution in [3.63, 3.8) is 0 Å². The highest BCUT2D eigenvalue weighted by Crippen LogP contribution is 2.45. The van der Waals surface area contributed by atoms with Crippen LogP contribution < -0.4 is 4.90 Å². The van der Waals surface area contributed by atoms with Crippen LogP contribution in [0.1, 0.15) is 0 Å². The summed E-state index contributed by atoms with van der Waals surface area (Å²) in [4.78, 5) is 2.35. The van der Waals surface area contributed by atoms with Crippen molar-refractivity contribution in [3.8, 4) is 27.9 Å². The van der Waals surface area contributed by atoms with Crippen LogP contribution in [0.5, 0.6) is 0 Å². The average molecular weight is 653 g/mol. The maximum absolute atomic E-state index is 6.68. The van der Waals surface area contributed by atoms with Crippen LogP contribution in [0.3, 0.4) is 0 Å². The highest BCUT2D eigenvalue weighted by atomic mass is 16.3. The number of nitrogens with zero attached hydrogens (tertiary/aromatic N) is 2. The van der Waals surface area contributed by atoms with Gasteiger partial charge in [-0.05, 0) is 76.9 Å². The molecular formula is C48H32N2O. The van der Waals surface area contributed by atoms with E-state index < -0.39 is 0 Å². The van der Waals surface area contributed by atoms with Crippen molar-refractivity contribution in [2.24, 2.45) is 0 Å². The highest BCUT2D eigenvalue weighted by molar-refractivity contribution is 6.12. The molecule has 3 nitrogen and oxygen atoms in total. The van der Waals surface area contributed by atoms with E-state index in [0.717, 1.165) is 55.8 Å². The summed E-state index contributed by atoms with van der Waals surface area (Å²) in [5.74, 6) is 0. The quantitative estimate of drug-likeness (QED) is 0.178. The van der Waals surface area contributed by atoms with Crippen molar-refractivity contribution in [3.05, 3.63) is 194 Å². The fourth-order valence-electron chi connectivity index (χ4n) is 7.71. The third-order valence-corrected chi connectivity index (χ3v) is 9.98. The lowest BCUT2D eigenvalue weighted by Gasteiger charge is -2.26. The zero-order valence-corrected chi connectivity index (χ0v) is 27.8. The highest BCUT2D eigenvalue weighted by Gasteiger charge is 2.22. The van der Waals surface area contributed by atoms with Gasteiger partial charge in [0.05, 0.1) is 16.7 Å². The SMILES string of the molecule is c1ccc(-c2ccccc2-c2cccc(N(c3ccc4c5ccccc5n(-c5ccccc5)c4c3)c3cccc4c3oc3ccccc34)c2)cc1. The molecule has 240 valence electrons. The van der Waals surface area contributed by atoms with Crippen molar-refractivity contribution in [1.29, 1.82) is 0 Å². The van der Waals surface area contributed by atoms with Gasteiger partial charge in [-0.1, -0.05) is 140 Å². The second-order valence-electron chi connectivity index (χ2n) is 12.9. The van der Waals surface area contributed by atoms with Gasteiger partial charge in [0.2, 0.25) is 0 Å². The molecule has 10 rings (SSSR count). The van der Waals surface area contributed by atoms with Gasteiger partial charge in [0.25, 0.3) is 0 Å². The summed E-state index contributed by atoms with van der Waals surface area (Å²) < 4.78 is 9.06. The predicted molar refractivity (Wildman–Crippen MR) is 214 cm³/mol. The number of fused-ring (bicyclic) bond motifs is 6. The topological polar surface area (TPSA) is 21.3 Å². The molecule has 0 unspecified atom stereocenters. The monoisotopic (exact) mass is 652 g/mol. The summed E-state index contributed by atoms with van der Waals surface area (Å²) in [5, 5.41) is 4.65. The molecule has 2 heterocycles. The third kappa shape index (κ3) is 4.82. The first-order chi connectivity index (χ1) is 25.3. The zero-order valence-electron chi connectivity index (χ0n) is 27.8. The molecule has 2 aromatic heterocycles. The van der Waals surface area contributed by atoms with Gasteiger partial charge in [0.15, 0.2) is 5.58 Å². The summed E-state index contributed by atoms with van der Waals surface area (Å²) in [6, 6.07) is 69.1. The first-order valence-corrected chi connectivity index (χ1v) is 17.4. The van der Waals surface area contributed by atoms with E-state index in [1.54, 1.807) is 0 Å². The van der Waals surface area contributed by atoms with Crippen LogP contribution in [0, 0.1) is 0 Å². The molecule has 0 saturated heterocycles. The summed E-state index contributed by atoms with van der Waals surface area (Å²) in [6.07, 6.45) is 0. The Morgan fingerprint density at radius 2 is 1.00 bits per heavy atom. The number of benzene rings is 8. The number of anilines is 3. The number of hydrogen-bond acceptors (Lipinski definition) is 2. The van der Waals surface area contributed by atoms with Gasteiger partial charge in [-0.25, -0.2) is 0 Å². The molecule has 0 atom stereocenters. The lowest BCUT2D eigenvalue weighted by Crippen LogP contribution is -2.10. The average Bonchev–Trinajstić information content (AvgIpc) is 3.75. The van der Waals surface area contributed by atoms with Crippen LogP contribution in [-0.4, -0.2) is 4.57 Å². The maximum Gasteiger partial charge on any atom is 0.159 e. The number of hydrogen-bond donors (Lipinski definition) is 0. The molecule has 3 heteroatoms. The fraction of sp³-hybridized carbons (Fsp3) is 0. The van der Waals surface area contributed by atoms with Crippen LogP contribution in [0.4, 0.5) is 17.1 Å². The summed E-state index contributed by atoms with van der Waals surface area (Å²) in [7, 11) is 0. The smallest absolute Gasteiger partial charge is 0.159 e. The molecule has 0 amide bonds. The van der Waals surface area contributed by atoms with Gasteiger partial charge in [0, 0.05) is 38.6 Å². The molecule has 8 aromatic carbocycles. The normalized spacial score (nSPS) is 11.5. The summed E-state index contributed by atoms with van der Waals surface area (Å²) in [6.45, 7) is 0. The molecule has 10 aromatic rings. The fourth-order valence-corrected chi connectivity index (χ4v) is 7.71. The predicted octanol–water partition coefficient (Wildman–Crippen LogP) is 13.5. The molecule has 0 aliphatic heterocycles. The lowest BCUT2D eigenvalue weighted by atomic mass is 9.94. The van der Waals surface area contributed by atoms with E-state index in [1.165, 1.54) is 33.0 Å². The second kappa shape index (κ2) is 11.9. The van der Waals surface area contributed by atoms with Crippen molar-refractivity contribution in [2.45, 2.75) is 0 Å². The molecule has 0 aliphatic carbocycles. The largest absolute Gasteiger partial charge is 0.454 e. The Hall–Kier alpha value is -6.84. The number of rotatable bonds is 6. The van der Waals surface area contributed by atoms with E-state index >= 15 is 0 Å². The molecule has 0 saturated carbocycles. The number of furan rings is 1. The van der Waals surface area contributed by atoms with E-state index in [0.29, 0.717) is 0 Å². The molecular weight excluding hydrogens is 621 g/mol. The van der Waals surface area contributed by atoms with E-state index in [4.69, 9.17) is 4.42 Å². The van der Waals surface area contributed by atoms with E-state index in [9.17, 15) is 0 Å². The van der Waals surface area contributed by atoms with Gasteiger partial charge in [-0.2, -0.15) is 0 Å². The van der Waals surface area contributed by atoms with E-state index in [1.807, 2.05) is 6.07 Å². The van der Waals surface area contributed by atoms with Crippen LogP contribution in [0.15, 0.2) is 199 Å². The van der Waals surface area contributed by atoms with Crippen LogP contribution in [-0.2, 0) is 0 Å². The number of aromatic nitrogens is 1. The summed E-state index contributed by atoms with van der Waals surface area (Å²) in [5.41, 5.74) is 13.0. The van der Waals surface area contributed by atoms with Gasteiger partial charge in [0.1, 0.15) is 5.58 Å². The maximum atomic E-state index is 6.68. The number of para-hydroxylation sites is 4. The Morgan fingerprint density at radius 3 is 1.84 bits per heavy atom. The minimum atomic E-state index is 0.859. The zero-order chi connectivity index (χ0) is 33.7. The molecule has 0 N–H and O–H groups in total. The van der Waals surface area contributed by atoms with Crippen LogP contribution in [0.25, 0.3) is 71.7 Å². The van der Waals surface area contributed by atoms with Crippen LogP contribution in [0.2, 0.25) is 0 Å². The third-order valence-electron chi connectivity index (χ3n) is 9.98. The van der Waals surface area contributed by atoms with Gasteiger partial charge >= 0.3 is 0 Å². The van der Waals surface area contributed by atoms with Gasteiger partial charge in [-0.3, -0.25) is 0 Å².